The molecule has 2 aromatic carbocycles. The Morgan fingerprint density at radius 3 is 2.68 bits per heavy atom. The molecule has 0 aliphatic carbocycles. The number of benzene rings is 2. The van der Waals surface area contributed by atoms with Gasteiger partial charge in [0, 0.05) is 16.1 Å². The van der Waals surface area contributed by atoms with Crippen molar-refractivity contribution in [2.45, 2.75) is 6.61 Å². The van der Waals surface area contributed by atoms with Gasteiger partial charge in [-0.25, -0.2) is 5.43 Å². The molecule has 0 saturated carbocycles. The van der Waals surface area contributed by atoms with Crippen LogP contribution in [0, 0.1) is 10.1 Å². The molecular formula is C19H14BrN3O4S. The Bertz CT molecular complexity index is 1020. The Kier molecular flexibility index (Phi) is 6.51. The number of nitro groups is 1. The molecule has 1 N–H and O–H groups in total. The molecule has 28 heavy (non-hydrogen) atoms. The SMILES string of the molecule is O=C(N/N=C/c1ccc([N+](=O)[O-])s1)c1ccc(OCc2cccc(Br)c2)cc1. The van der Waals surface area contributed by atoms with E-state index in [1.165, 1.54) is 12.3 Å². The van der Waals surface area contributed by atoms with Gasteiger partial charge in [-0.2, -0.15) is 5.10 Å². The molecule has 7 nitrogen and oxygen atoms in total. The summed E-state index contributed by atoms with van der Waals surface area (Å²) in [6.45, 7) is 0.419. The minimum Gasteiger partial charge on any atom is -0.489 e. The monoisotopic (exact) mass is 459 g/mol. The van der Waals surface area contributed by atoms with Crippen LogP contribution in [-0.4, -0.2) is 17.0 Å². The van der Waals surface area contributed by atoms with Crippen LogP contribution in [0.1, 0.15) is 20.8 Å². The lowest BCUT2D eigenvalue weighted by Crippen LogP contribution is -2.17. The van der Waals surface area contributed by atoms with Crippen LogP contribution in [0.15, 0.2) is 70.2 Å². The Morgan fingerprint density at radius 1 is 1.21 bits per heavy atom. The summed E-state index contributed by atoms with van der Waals surface area (Å²) in [6, 6.07) is 17.5. The fraction of sp³-hybridized carbons (Fsp3) is 0.0526. The Morgan fingerprint density at radius 2 is 2.00 bits per heavy atom. The molecule has 1 heterocycles. The van der Waals surface area contributed by atoms with E-state index in [1.807, 2.05) is 24.3 Å². The van der Waals surface area contributed by atoms with E-state index in [4.69, 9.17) is 4.74 Å². The number of nitrogens with zero attached hydrogens (tertiary/aromatic N) is 2. The fourth-order valence-electron chi connectivity index (χ4n) is 2.22. The predicted octanol–water partition coefficient (Wildman–Crippen LogP) is 4.76. The average Bonchev–Trinajstić information content (AvgIpc) is 3.16. The van der Waals surface area contributed by atoms with Crippen molar-refractivity contribution in [3.8, 4) is 5.75 Å². The van der Waals surface area contributed by atoms with Crippen molar-refractivity contribution in [3.05, 3.63) is 91.3 Å². The molecule has 142 valence electrons. The van der Waals surface area contributed by atoms with E-state index in [-0.39, 0.29) is 10.9 Å². The normalized spacial score (nSPS) is 10.8. The molecule has 0 atom stereocenters. The maximum atomic E-state index is 12.1. The van der Waals surface area contributed by atoms with Crippen LogP contribution in [0.4, 0.5) is 5.00 Å². The topological polar surface area (TPSA) is 93.8 Å². The third-order valence-corrected chi connectivity index (χ3v) is 5.03. The molecule has 3 rings (SSSR count). The third kappa shape index (κ3) is 5.48. The van der Waals surface area contributed by atoms with Gasteiger partial charge in [-0.3, -0.25) is 14.9 Å². The smallest absolute Gasteiger partial charge is 0.324 e. The Balaban J connectivity index is 1.52. The summed E-state index contributed by atoms with van der Waals surface area (Å²) in [7, 11) is 0. The van der Waals surface area contributed by atoms with Crippen molar-refractivity contribution in [1.82, 2.24) is 5.43 Å². The number of amides is 1. The lowest BCUT2D eigenvalue weighted by molar-refractivity contribution is -0.380. The number of hydrogen-bond acceptors (Lipinski definition) is 6. The summed E-state index contributed by atoms with van der Waals surface area (Å²) in [6.07, 6.45) is 1.37. The number of carbonyl (C=O) groups is 1. The van der Waals surface area contributed by atoms with Gasteiger partial charge in [-0.1, -0.05) is 39.4 Å². The van der Waals surface area contributed by atoms with Gasteiger partial charge in [0.1, 0.15) is 12.4 Å². The van der Waals surface area contributed by atoms with E-state index in [0.717, 1.165) is 21.4 Å². The van der Waals surface area contributed by atoms with Crippen LogP contribution in [0.5, 0.6) is 5.75 Å². The van der Waals surface area contributed by atoms with Crippen LogP contribution >= 0.6 is 27.3 Å². The maximum absolute atomic E-state index is 12.1. The molecule has 1 amide bonds. The van der Waals surface area contributed by atoms with Crippen LogP contribution in [0.3, 0.4) is 0 Å². The van der Waals surface area contributed by atoms with Crippen LogP contribution < -0.4 is 10.2 Å². The van der Waals surface area contributed by atoms with Crippen molar-refractivity contribution < 1.29 is 14.5 Å². The minimum absolute atomic E-state index is 0.0197. The number of carbonyl (C=O) groups excluding carboxylic acids is 1. The first-order valence-electron chi connectivity index (χ1n) is 8.06. The molecule has 0 radical (unpaired) electrons. The summed E-state index contributed by atoms with van der Waals surface area (Å²) >= 11 is 4.39. The average molecular weight is 460 g/mol. The van der Waals surface area contributed by atoms with Gasteiger partial charge < -0.3 is 4.74 Å². The number of nitrogens with one attached hydrogen (secondary N) is 1. The number of hydrogen-bond donors (Lipinski definition) is 1. The lowest BCUT2D eigenvalue weighted by Gasteiger charge is -2.07. The van der Waals surface area contributed by atoms with Gasteiger partial charge >= 0.3 is 5.00 Å². The van der Waals surface area contributed by atoms with Gasteiger partial charge in [0.25, 0.3) is 5.91 Å². The summed E-state index contributed by atoms with van der Waals surface area (Å²) in [5.41, 5.74) is 3.84. The highest BCUT2D eigenvalue weighted by Gasteiger charge is 2.08. The van der Waals surface area contributed by atoms with E-state index in [9.17, 15) is 14.9 Å². The number of ether oxygens (including phenoxy) is 1. The predicted molar refractivity (Wildman–Crippen MR) is 111 cm³/mol. The molecule has 0 bridgehead atoms. The van der Waals surface area contributed by atoms with Crippen LogP contribution in [0.2, 0.25) is 0 Å². The first-order chi connectivity index (χ1) is 13.5. The van der Waals surface area contributed by atoms with Crippen molar-refractivity contribution in [1.29, 1.82) is 0 Å². The Labute approximate surface area is 172 Å². The zero-order valence-corrected chi connectivity index (χ0v) is 16.8. The molecule has 0 unspecified atom stereocenters. The van der Waals surface area contributed by atoms with E-state index >= 15 is 0 Å². The largest absolute Gasteiger partial charge is 0.489 e. The molecule has 0 fully saturated rings. The second kappa shape index (κ2) is 9.25. The van der Waals surface area contributed by atoms with Crippen molar-refractivity contribution in [2.75, 3.05) is 0 Å². The second-order valence-corrected chi connectivity index (χ2v) is 7.58. The summed E-state index contributed by atoms with van der Waals surface area (Å²) in [5, 5.41) is 14.5. The summed E-state index contributed by atoms with van der Waals surface area (Å²) < 4.78 is 6.69. The molecule has 9 heteroatoms. The van der Waals surface area contributed by atoms with Gasteiger partial charge in [0.15, 0.2) is 0 Å². The first kappa shape index (κ1) is 19.7. The standard InChI is InChI=1S/C19H14BrN3O4S/c20-15-3-1-2-13(10-15)12-27-16-6-4-14(5-7-16)19(24)22-21-11-17-8-9-18(28-17)23(25)26/h1-11H,12H2,(H,22,24)/b21-11+. The number of halogens is 1. The highest BCUT2D eigenvalue weighted by molar-refractivity contribution is 9.10. The van der Waals surface area contributed by atoms with Gasteiger partial charge in [0.05, 0.1) is 16.0 Å². The highest BCUT2D eigenvalue weighted by Crippen LogP contribution is 2.22. The lowest BCUT2D eigenvalue weighted by atomic mass is 10.2. The van der Waals surface area contributed by atoms with Crippen molar-refractivity contribution in [3.63, 3.8) is 0 Å². The molecule has 0 spiro atoms. The van der Waals surface area contributed by atoms with Gasteiger partial charge in [-0.15, -0.1) is 0 Å². The third-order valence-electron chi connectivity index (χ3n) is 3.56. The number of thiophene rings is 1. The first-order valence-corrected chi connectivity index (χ1v) is 9.67. The van der Waals surface area contributed by atoms with Crippen molar-refractivity contribution >= 4 is 44.4 Å². The van der Waals surface area contributed by atoms with Gasteiger partial charge in [0.2, 0.25) is 0 Å². The summed E-state index contributed by atoms with van der Waals surface area (Å²) in [4.78, 5) is 22.8. The van der Waals surface area contributed by atoms with E-state index in [0.29, 0.717) is 22.8 Å². The van der Waals surface area contributed by atoms with Crippen LogP contribution in [-0.2, 0) is 6.61 Å². The second-order valence-electron chi connectivity index (χ2n) is 5.58. The molecular weight excluding hydrogens is 446 g/mol. The maximum Gasteiger partial charge on any atom is 0.324 e. The minimum atomic E-state index is -0.471. The zero-order valence-electron chi connectivity index (χ0n) is 14.4. The number of hydrazone groups is 1. The highest BCUT2D eigenvalue weighted by atomic mass is 79.9. The van der Waals surface area contributed by atoms with E-state index in [2.05, 4.69) is 26.5 Å². The fourth-order valence-corrected chi connectivity index (χ4v) is 3.36. The van der Waals surface area contributed by atoms with Crippen LogP contribution in [0.25, 0.3) is 0 Å². The van der Waals surface area contributed by atoms with Crippen molar-refractivity contribution in [2.24, 2.45) is 5.10 Å². The zero-order chi connectivity index (χ0) is 19.9. The van der Waals surface area contributed by atoms with E-state index < -0.39 is 4.92 Å². The number of rotatable bonds is 7. The Hall–Kier alpha value is -3.04. The molecule has 0 aliphatic rings. The molecule has 1 aromatic heterocycles. The quantitative estimate of drug-likeness (QED) is 0.313. The van der Waals surface area contributed by atoms with E-state index in [1.54, 1.807) is 30.3 Å². The summed E-state index contributed by atoms with van der Waals surface area (Å²) in [5.74, 6) is 0.256. The van der Waals surface area contributed by atoms with Gasteiger partial charge in [-0.05, 0) is 48.0 Å². The molecule has 0 saturated heterocycles. The molecule has 3 aromatic rings. The molecule has 0 aliphatic heterocycles.